The Morgan fingerprint density at radius 1 is 1.32 bits per heavy atom. The number of hydrogen-bond acceptors (Lipinski definition) is 3. The first-order chi connectivity index (χ1) is 10.7. The minimum absolute atomic E-state index is 0.686. The molecule has 2 heterocycles. The first-order valence-corrected chi connectivity index (χ1v) is 7.57. The van der Waals surface area contributed by atoms with E-state index in [1.165, 1.54) is 0 Å². The summed E-state index contributed by atoms with van der Waals surface area (Å²) in [7, 11) is 1.78. The molecule has 0 amide bonds. The molecule has 0 unspecified atom stereocenters. The lowest BCUT2D eigenvalue weighted by molar-refractivity contribution is 0.573. The molecule has 6 heteroatoms. The van der Waals surface area contributed by atoms with Crippen molar-refractivity contribution in [3.63, 3.8) is 0 Å². The van der Waals surface area contributed by atoms with E-state index < -0.39 is 0 Å². The van der Waals surface area contributed by atoms with Gasteiger partial charge in [0, 0.05) is 38.7 Å². The highest BCUT2D eigenvalue weighted by Crippen LogP contribution is 2.05. The van der Waals surface area contributed by atoms with Crippen LogP contribution in [0.3, 0.4) is 0 Å². The van der Waals surface area contributed by atoms with E-state index in [9.17, 15) is 0 Å². The fourth-order valence-corrected chi connectivity index (χ4v) is 1.95. The van der Waals surface area contributed by atoms with Crippen molar-refractivity contribution < 1.29 is 0 Å². The van der Waals surface area contributed by atoms with Crippen molar-refractivity contribution >= 4 is 5.96 Å². The summed E-state index contributed by atoms with van der Waals surface area (Å²) >= 11 is 0. The van der Waals surface area contributed by atoms with Gasteiger partial charge < -0.3 is 10.6 Å². The third kappa shape index (κ3) is 4.87. The first-order valence-electron chi connectivity index (χ1n) is 7.57. The maximum absolute atomic E-state index is 4.43. The van der Waals surface area contributed by atoms with Crippen molar-refractivity contribution in [2.45, 2.75) is 26.8 Å². The summed E-state index contributed by atoms with van der Waals surface area (Å²) in [6.07, 6.45) is 8.34. The topological polar surface area (TPSA) is 67.1 Å². The second-order valence-electron chi connectivity index (χ2n) is 5.53. The molecule has 0 aliphatic rings. The Morgan fingerprint density at radius 2 is 2.18 bits per heavy atom. The van der Waals surface area contributed by atoms with Gasteiger partial charge in [0.15, 0.2) is 5.96 Å². The fraction of sp³-hybridized carbons (Fsp3) is 0.438. The zero-order valence-corrected chi connectivity index (χ0v) is 13.5. The molecule has 0 aliphatic carbocycles. The van der Waals surface area contributed by atoms with Crippen LogP contribution in [0.25, 0.3) is 5.82 Å². The Kier molecular flexibility index (Phi) is 5.94. The number of pyridine rings is 1. The van der Waals surface area contributed by atoms with Crippen LogP contribution in [-0.2, 0) is 6.54 Å². The van der Waals surface area contributed by atoms with Gasteiger partial charge in [0.2, 0.25) is 0 Å². The van der Waals surface area contributed by atoms with Crippen molar-refractivity contribution in [2.24, 2.45) is 10.9 Å². The van der Waals surface area contributed by atoms with E-state index in [2.05, 4.69) is 45.5 Å². The number of nitrogens with zero attached hydrogens (tertiary/aromatic N) is 4. The predicted octanol–water partition coefficient (Wildman–Crippen LogP) is 1.98. The molecule has 0 aliphatic heterocycles. The third-order valence-electron chi connectivity index (χ3n) is 3.28. The highest BCUT2D eigenvalue weighted by Gasteiger charge is 2.01. The standard InChI is InChI=1S/C16H24N6/c1-13(2)6-7-19-16(17-3)21-11-14-4-5-15(20-10-14)22-9-8-18-12-22/h4-5,8-10,12-13H,6-7,11H2,1-3H3,(H2,17,19,21). The fourth-order valence-electron chi connectivity index (χ4n) is 1.95. The van der Waals surface area contributed by atoms with Crippen LogP contribution in [0.5, 0.6) is 0 Å². The minimum atomic E-state index is 0.686. The average molecular weight is 300 g/mol. The van der Waals surface area contributed by atoms with E-state index in [1.54, 1.807) is 19.6 Å². The number of aliphatic imine (C=N–C) groups is 1. The minimum Gasteiger partial charge on any atom is -0.356 e. The van der Waals surface area contributed by atoms with Crippen LogP contribution < -0.4 is 10.6 Å². The van der Waals surface area contributed by atoms with E-state index >= 15 is 0 Å². The second-order valence-corrected chi connectivity index (χ2v) is 5.53. The average Bonchev–Trinajstić information content (AvgIpc) is 3.05. The largest absolute Gasteiger partial charge is 0.356 e. The number of guanidine groups is 1. The Labute approximate surface area is 131 Å². The zero-order valence-electron chi connectivity index (χ0n) is 13.5. The van der Waals surface area contributed by atoms with Gasteiger partial charge in [-0.3, -0.25) is 9.56 Å². The lowest BCUT2D eigenvalue weighted by atomic mass is 10.1. The molecule has 0 saturated carbocycles. The van der Waals surface area contributed by atoms with Crippen LogP contribution in [0.2, 0.25) is 0 Å². The monoisotopic (exact) mass is 300 g/mol. The van der Waals surface area contributed by atoms with Crippen LogP contribution in [-0.4, -0.2) is 34.1 Å². The Bertz CT molecular complexity index is 571. The molecule has 0 aromatic carbocycles. The first kappa shape index (κ1) is 16.0. The predicted molar refractivity (Wildman–Crippen MR) is 89.0 cm³/mol. The molecule has 0 saturated heterocycles. The van der Waals surface area contributed by atoms with E-state index in [-0.39, 0.29) is 0 Å². The molecule has 0 fully saturated rings. The van der Waals surface area contributed by atoms with Gasteiger partial charge in [-0.15, -0.1) is 0 Å². The molecule has 2 aromatic rings. The van der Waals surface area contributed by atoms with Crippen molar-refractivity contribution in [3.8, 4) is 5.82 Å². The normalized spacial score (nSPS) is 11.7. The lowest BCUT2D eigenvalue weighted by Crippen LogP contribution is -2.37. The molecule has 0 radical (unpaired) electrons. The van der Waals surface area contributed by atoms with E-state index in [0.29, 0.717) is 12.5 Å². The number of hydrogen-bond donors (Lipinski definition) is 2. The second kappa shape index (κ2) is 8.17. The molecule has 22 heavy (non-hydrogen) atoms. The number of nitrogens with one attached hydrogen (secondary N) is 2. The quantitative estimate of drug-likeness (QED) is 0.632. The molecular weight excluding hydrogens is 276 g/mol. The highest BCUT2D eigenvalue weighted by atomic mass is 15.2. The van der Waals surface area contributed by atoms with Gasteiger partial charge in [0.25, 0.3) is 0 Å². The molecule has 118 valence electrons. The van der Waals surface area contributed by atoms with Crippen LogP contribution in [0, 0.1) is 5.92 Å². The smallest absolute Gasteiger partial charge is 0.191 e. The Balaban J connectivity index is 1.83. The van der Waals surface area contributed by atoms with Crippen LogP contribution >= 0.6 is 0 Å². The van der Waals surface area contributed by atoms with Crippen molar-refractivity contribution in [3.05, 3.63) is 42.6 Å². The summed E-state index contributed by atoms with van der Waals surface area (Å²) in [6.45, 7) is 6.05. The van der Waals surface area contributed by atoms with Crippen LogP contribution in [0.4, 0.5) is 0 Å². The third-order valence-corrected chi connectivity index (χ3v) is 3.28. The number of rotatable bonds is 6. The maximum atomic E-state index is 4.43. The molecule has 0 atom stereocenters. The Hall–Kier alpha value is -2.37. The van der Waals surface area contributed by atoms with Crippen LogP contribution in [0.1, 0.15) is 25.8 Å². The van der Waals surface area contributed by atoms with Gasteiger partial charge in [0.05, 0.1) is 0 Å². The summed E-state index contributed by atoms with van der Waals surface area (Å²) in [5.74, 6) is 2.37. The summed E-state index contributed by atoms with van der Waals surface area (Å²) in [6, 6.07) is 4.03. The molecular formula is C16H24N6. The molecule has 2 N–H and O–H groups in total. The molecule has 6 nitrogen and oxygen atoms in total. The summed E-state index contributed by atoms with van der Waals surface area (Å²) in [5, 5.41) is 6.60. The van der Waals surface area contributed by atoms with Gasteiger partial charge in [-0.1, -0.05) is 19.9 Å². The van der Waals surface area contributed by atoms with Crippen molar-refractivity contribution in [2.75, 3.05) is 13.6 Å². The van der Waals surface area contributed by atoms with Gasteiger partial charge in [-0.05, 0) is 24.0 Å². The van der Waals surface area contributed by atoms with Crippen molar-refractivity contribution in [1.82, 2.24) is 25.2 Å². The zero-order chi connectivity index (χ0) is 15.8. The maximum Gasteiger partial charge on any atom is 0.191 e. The summed E-state index contributed by atoms with van der Waals surface area (Å²) in [5.41, 5.74) is 1.11. The molecule has 2 rings (SSSR count). The highest BCUT2D eigenvalue weighted by molar-refractivity contribution is 5.79. The Morgan fingerprint density at radius 3 is 2.77 bits per heavy atom. The molecule has 0 bridgehead atoms. The van der Waals surface area contributed by atoms with E-state index in [4.69, 9.17) is 0 Å². The number of aromatic nitrogens is 3. The van der Waals surface area contributed by atoms with Crippen LogP contribution in [0.15, 0.2) is 42.0 Å². The number of imidazole rings is 1. The SMILES string of the molecule is CN=C(NCCC(C)C)NCc1ccc(-n2ccnc2)nc1. The molecule has 0 spiro atoms. The summed E-state index contributed by atoms with van der Waals surface area (Å²) in [4.78, 5) is 12.7. The van der Waals surface area contributed by atoms with Gasteiger partial charge in [-0.2, -0.15) is 0 Å². The van der Waals surface area contributed by atoms with Gasteiger partial charge in [0.1, 0.15) is 12.1 Å². The van der Waals surface area contributed by atoms with E-state index in [0.717, 1.165) is 30.3 Å². The van der Waals surface area contributed by atoms with E-state index in [1.807, 2.05) is 23.0 Å². The molecule has 2 aromatic heterocycles. The van der Waals surface area contributed by atoms with Crippen molar-refractivity contribution in [1.29, 1.82) is 0 Å². The lowest BCUT2D eigenvalue weighted by Gasteiger charge is -2.13. The van der Waals surface area contributed by atoms with Gasteiger partial charge in [-0.25, -0.2) is 9.97 Å². The summed E-state index contributed by atoms with van der Waals surface area (Å²) < 4.78 is 1.88. The van der Waals surface area contributed by atoms with Gasteiger partial charge >= 0.3 is 0 Å².